The Balaban J connectivity index is 2.25. The molecule has 0 aliphatic heterocycles. The van der Waals surface area contributed by atoms with Gasteiger partial charge >= 0.3 is 5.97 Å². The Kier molecular flexibility index (Phi) is 5.87. The van der Waals surface area contributed by atoms with Crippen LogP contribution in [-0.2, 0) is 4.74 Å². The molecule has 1 heterocycles. The van der Waals surface area contributed by atoms with Gasteiger partial charge in [0, 0.05) is 16.3 Å². The number of hydrogen-bond acceptors (Lipinski definition) is 5. The van der Waals surface area contributed by atoms with Crippen molar-refractivity contribution in [2.75, 3.05) is 7.11 Å². The summed E-state index contributed by atoms with van der Waals surface area (Å²) in [7, 11) is 1.42. The minimum Gasteiger partial charge on any atom is -0.496 e. The van der Waals surface area contributed by atoms with Gasteiger partial charge in [0.15, 0.2) is 11.9 Å². The summed E-state index contributed by atoms with van der Waals surface area (Å²) in [5, 5.41) is 0.346. The number of aromatic nitrogens is 1. The van der Waals surface area contributed by atoms with Gasteiger partial charge in [-0.25, -0.2) is 4.79 Å². The molecule has 0 bridgehead atoms. The van der Waals surface area contributed by atoms with Crippen molar-refractivity contribution in [2.45, 2.75) is 33.8 Å². The number of ketones is 2. The van der Waals surface area contributed by atoms with E-state index in [2.05, 4.69) is 4.98 Å². The summed E-state index contributed by atoms with van der Waals surface area (Å²) in [5.74, 6) is -0.987. The van der Waals surface area contributed by atoms with Crippen molar-refractivity contribution < 1.29 is 23.9 Å². The quantitative estimate of drug-likeness (QED) is 0.609. The average molecular weight is 378 g/mol. The number of Topliss-reactive ketones (excluding diaryl/α,β-unsaturated/α-hetero) is 2. The lowest BCUT2D eigenvalue weighted by molar-refractivity contribution is 0.0314. The Hall–Kier alpha value is -2.60. The fraction of sp³-hybridized carbons (Fsp3) is 0.316. The maximum absolute atomic E-state index is 12.7. The monoisotopic (exact) mass is 377 g/mol. The van der Waals surface area contributed by atoms with Gasteiger partial charge in [-0.1, -0.05) is 11.6 Å². The highest BCUT2D eigenvalue weighted by molar-refractivity contribution is 6.31. The molecule has 1 atom stereocenters. The number of benzene rings is 1. The van der Waals surface area contributed by atoms with Gasteiger partial charge < -0.3 is 14.5 Å². The summed E-state index contributed by atoms with van der Waals surface area (Å²) in [4.78, 5) is 39.7. The Morgan fingerprint density at radius 3 is 2.38 bits per heavy atom. The number of aryl methyl sites for hydroxylation is 1. The molecule has 0 saturated carbocycles. The molecule has 0 radical (unpaired) electrons. The molecular formula is C19H20ClNO5. The van der Waals surface area contributed by atoms with Crippen LogP contribution in [0.1, 0.15) is 56.3 Å². The zero-order valence-electron chi connectivity index (χ0n) is 15.2. The molecule has 0 spiro atoms. The predicted octanol–water partition coefficient (Wildman–Crippen LogP) is 3.92. The molecule has 2 rings (SSSR count). The van der Waals surface area contributed by atoms with E-state index in [4.69, 9.17) is 21.1 Å². The van der Waals surface area contributed by atoms with Crippen LogP contribution < -0.4 is 4.74 Å². The van der Waals surface area contributed by atoms with Gasteiger partial charge in [-0.2, -0.15) is 0 Å². The zero-order chi connectivity index (χ0) is 19.6. The first kappa shape index (κ1) is 19.7. The number of nitrogens with one attached hydrogen (secondary N) is 1. The molecule has 1 aromatic heterocycles. The summed E-state index contributed by atoms with van der Waals surface area (Å²) >= 11 is 5.92. The van der Waals surface area contributed by atoms with E-state index in [0.29, 0.717) is 27.6 Å². The van der Waals surface area contributed by atoms with Crippen molar-refractivity contribution in [3.8, 4) is 5.75 Å². The first-order chi connectivity index (χ1) is 12.2. The second kappa shape index (κ2) is 7.74. The number of ether oxygens (including phenoxy) is 2. The van der Waals surface area contributed by atoms with Crippen LogP contribution >= 0.6 is 11.6 Å². The van der Waals surface area contributed by atoms with Gasteiger partial charge in [0.2, 0.25) is 5.78 Å². The van der Waals surface area contributed by atoms with Crippen LogP contribution in [0.15, 0.2) is 18.2 Å². The van der Waals surface area contributed by atoms with Gasteiger partial charge in [0.1, 0.15) is 11.3 Å². The van der Waals surface area contributed by atoms with E-state index in [-0.39, 0.29) is 17.0 Å². The van der Waals surface area contributed by atoms with Gasteiger partial charge in [0.25, 0.3) is 0 Å². The number of rotatable bonds is 6. The lowest BCUT2D eigenvalue weighted by Gasteiger charge is -2.14. The van der Waals surface area contributed by atoms with Crippen LogP contribution in [0.3, 0.4) is 0 Å². The number of methoxy groups -OCH3 is 1. The molecule has 138 valence electrons. The summed E-state index contributed by atoms with van der Waals surface area (Å²) in [5.41, 5.74) is 2.01. The molecule has 0 amide bonds. The Morgan fingerprint density at radius 2 is 1.85 bits per heavy atom. The lowest BCUT2D eigenvalue weighted by Crippen LogP contribution is -2.25. The number of halogens is 1. The highest BCUT2D eigenvalue weighted by atomic mass is 35.5. The lowest BCUT2D eigenvalue weighted by atomic mass is 10.0. The molecule has 7 heteroatoms. The summed E-state index contributed by atoms with van der Waals surface area (Å²) in [6.07, 6.45) is -1.05. The molecule has 2 aromatic rings. The third-order valence-corrected chi connectivity index (χ3v) is 4.31. The van der Waals surface area contributed by atoms with Crippen molar-refractivity contribution >= 4 is 29.1 Å². The Bertz CT molecular complexity index is 884. The summed E-state index contributed by atoms with van der Waals surface area (Å²) < 4.78 is 10.4. The number of carbonyl (C=O) groups is 3. The van der Waals surface area contributed by atoms with Crippen LogP contribution in [0.25, 0.3) is 0 Å². The molecule has 1 aromatic carbocycles. The molecule has 0 unspecified atom stereocenters. The van der Waals surface area contributed by atoms with Crippen molar-refractivity contribution in [1.82, 2.24) is 4.98 Å². The standard InChI is InChI=1S/C19H20ClNO5/c1-9-16(11(3)22)10(2)21-17(9)18(23)12(4)26-19(24)14-8-13(20)6-7-15(14)25-5/h6-8,12,21H,1-5H3/t12-/m1/s1. The first-order valence-corrected chi connectivity index (χ1v) is 8.34. The highest BCUT2D eigenvalue weighted by Gasteiger charge is 2.27. The molecular weight excluding hydrogens is 358 g/mol. The average Bonchev–Trinajstić information content (AvgIpc) is 2.88. The molecule has 0 aliphatic carbocycles. The maximum Gasteiger partial charge on any atom is 0.342 e. The van der Waals surface area contributed by atoms with E-state index in [1.54, 1.807) is 26.0 Å². The van der Waals surface area contributed by atoms with Gasteiger partial charge in [-0.15, -0.1) is 0 Å². The number of carbonyl (C=O) groups excluding carboxylic acids is 3. The third kappa shape index (κ3) is 3.80. The van der Waals surface area contributed by atoms with Gasteiger partial charge in [0.05, 0.1) is 12.8 Å². The Morgan fingerprint density at radius 1 is 1.19 bits per heavy atom. The van der Waals surface area contributed by atoms with Crippen molar-refractivity contribution in [2.24, 2.45) is 0 Å². The molecule has 1 N–H and O–H groups in total. The third-order valence-electron chi connectivity index (χ3n) is 4.07. The first-order valence-electron chi connectivity index (χ1n) is 7.96. The van der Waals surface area contributed by atoms with Crippen molar-refractivity contribution in [1.29, 1.82) is 0 Å². The van der Waals surface area contributed by atoms with E-state index >= 15 is 0 Å². The molecule has 6 nitrogen and oxygen atoms in total. The van der Waals surface area contributed by atoms with Crippen LogP contribution in [0.5, 0.6) is 5.75 Å². The summed E-state index contributed by atoms with van der Waals surface area (Å²) in [6, 6.07) is 4.54. The van der Waals surface area contributed by atoms with E-state index < -0.39 is 17.9 Å². The molecule has 0 saturated heterocycles. The van der Waals surface area contributed by atoms with Crippen LogP contribution in [-0.4, -0.2) is 35.7 Å². The number of hydrogen-bond donors (Lipinski definition) is 1. The molecule has 26 heavy (non-hydrogen) atoms. The van der Waals surface area contributed by atoms with E-state index in [9.17, 15) is 14.4 Å². The number of H-pyrrole nitrogens is 1. The van der Waals surface area contributed by atoms with E-state index in [1.165, 1.54) is 27.0 Å². The number of esters is 1. The summed E-state index contributed by atoms with van der Waals surface area (Å²) in [6.45, 7) is 6.31. The van der Waals surface area contributed by atoms with Crippen LogP contribution in [0.4, 0.5) is 0 Å². The SMILES string of the molecule is COc1ccc(Cl)cc1C(=O)O[C@H](C)C(=O)c1[nH]c(C)c(C(C)=O)c1C. The maximum atomic E-state index is 12.7. The fourth-order valence-corrected chi connectivity index (χ4v) is 3.02. The predicted molar refractivity (Wildman–Crippen MR) is 97.5 cm³/mol. The highest BCUT2D eigenvalue weighted by Crippen LogP contribution is 2.25. The zero-order valence-corrected chi connectivity index (χ0v) is 16.0. The van der Waals surface area contributed by atoms with Crippen molar-refractivity contribution in [3.63, 3.8) is 0 Å². The smallest absolute Gasteiger partial charge is 0.342 e. The molecule has 0 aliphatic rings. The van der Waals surface area contributed by atoms with Gasteiger partial charge in [-0.05, 0) is 51.5 Å². The number of aromatic amines is 1. The molecule has 0 fully saturated rings. The normalized spacial score (nSPS) is 11.8. The minimum atomic E-state index is -1.05. The fourth-order valence-electron chi connectivity index (χ4n) is 2.85. The van der Waals surface area contributed by atoms with Crippen LogP contribution in [0.2, 0.25) is 5.02 Å². The van der Waals surface area contributed by atoms with E-state index in [1.807, 2.05) is 0 Å². The second-order valence-electron chi connectivity index (χ2n) is 5.94. The topological polar surface area (TPSA) is 85.5 Å². The van der Waals surface area contributed by atoms with Crippen molar-refractivity contribution in [3.05, 3.63) is 51.3 Å². The Labute approximate surface area is 156 Å². The second-order valence-corrected chi connectivity index (χ2v) is 6.37. The largest absolute Gasteiger partial charge is 0.496 e. The van der Waals surface area contributed by atoms with E-state index in [0.717, 1.165) is 0 Å². The van der Waals surface area contributed by atoms with Gasteiger partial charge in [-0.3, -0.25) is 9.59 Å². The van der Waals surface area contributed by atoms with Crippen LogP contribution in [0, 0.1) is 13.8 Å². The minimum absolute atomic E-state index is 0.128.